The number of carbonyl (C=O) groups excluding carboxylic acids is 1. The van der Waals surface area contributed by atoms with Gasteiger partial charge in [-0.1, -0.05) is 18.2 Å². The number of amides is 1. The molecule has 0 fully saturated rings. The van der Waals surface area contributed by atoms with Gasteiger partial charge in [0.1, 0.15) is 5.82 Å². The maximum atomic E-state index is 13.4. The van der Waals surface area contributed by atoms with Gasteiger partial charge in [-0.15, -0.1) is 0 Å². The third-order valence-electron chi connectivity index (χ3n) is 3.28. The summed E-state index contributed by atoms with van der Waals surface area (Å²) in [6.07, 6.45) is 4.39. The number of nitrogens with one attached hydrogen (secondary N) is 2. The van der Waals surface area contributed by atoms with E-state index in [4.69, 9.17) is 0 Å². The average Bonchev–Trinajstić information content (AvgIpc) is 2.54. The van der Waals surface area contributed by atoms with E-state index in [1.165, 1.54) is 6.07 Å². The molecule has 0 bridgehead atoms. The Morgan fingerprint density at radius 1 is 1.09 bits per heavy atom. The van der Waals surface area contributed by atoms with Gasteiger partial charge in [0.25, 0.3) is 0 Å². The van der Waals surface area contributed by atoms with Gasteiger partial charge in [-0.2, -0.15) is 0 Å². The highest BCUT2D eigenvalue weighted by atomic mass is 19.1. The summed E-state index contributed by atoms with van der Waals surface area (Å²) < 4.78 is 13.4. The van der Waals surface area contributed by atoms with Crippen molar-refractivity contribution >= 4 is 5.91 Å². The Kier molecular flexibility index (Phi) is 6.51. The minimum absolute atomic E-state index is 0.0291. The van der Waals surface area contributed by atoms with Crippen molar-refractivity contribution in [1.82, 2.24) is 15.6 Å². The fourth-order valence-electron chi connectivity index (χ4n) is 2.06. The number of benzene rings is 1. The molecule has 116 valence electrons. The van der Waals surface area contributed by atoms with Crippen LogP contribution in [0.1, 0.15) is 17.5 Å². The second-order valence-electron chi connectivity index (χ2n) is 4.97. The summed E-state index contributed by atoms with van der Waals surface area (Å²) in [5.74, 6) is -0.255. The van der Waals surface area contributed by atoms with Gasteiger partial charge in [-0.3, -0.25) is 9.78 Å². The number of hydrogen-bond acceptors (Lipinski definition) is 3. The lowest BCUT2D eigenvalue weighted by Crippen LogP contribution is -2.29. The second kappa shape index (κ2) is 8.89. The number of carbonyl (C=O) groups is 1. The van der Waals surface area contributed by atoms with Crippen LogP contribution in [-0.2, 0) is 17.8 Å². The van der Waals surface area contributed by atoms with E-state index in [0.717, 1.165) is 5.56 Å². The van der Waals surface area contributed by atoms with Crippen LogP contribution in [0.2, 0.25) is 0 Å². The number of nitrogens with zero attached hydrogens (tertiary/aromatic N) is 1. The summed E-state index contributed by atoms with van der Waals surface area (Å²) in [6.45, 7) is 1.77. The lowest BCUT2D eigenvalue weighted by molar-refractivity contribution is -0.120. The maximum Gasteiger partial charge on any atom is 0.221 e. The molecule has 4 nitrogen and oxygen atoms in total. The Balaban J connectivity index is 1.57. The van der Waals surface area contributed by atoms with E-state index >= 15 is 0 Å². The summed E-state index contributed by atoms with van der Waals surface area (Å²) in [5, 5.41) is 6.00. The molecule has 0 aliphatic rings. The molecule has 0 radical (unpaired) electrons. The van der Waals surface area contributed by atoms with E-state index in [9.17, 15) is 9.18 Å². The monoisotopic (exact) mass is 301 g/mol. The molecule has 1 aromatic heterocycles. The van der Waals surface area contributed by atoms with Crippen LogP contribution in [0.15, 0.2) is 48.8 Å². The minimum Gasteiger partial charge on any atom is -0.356 e. The molecule has 1 aromatic carbocycles. The van der Waals surface area contributed by atoms with E-state index in [-0.39, 0.29) is 11.7 Å². The SMILES string of the molecule is O=C(CCNCc1ccncc1)NCCc1ccccc1F. The van der Waals surface area contributed by atoms with Gasteiger partial charge in [0.05, 0.1) is 0 Å². The van der Waals surface area contributed by atoms with Crippen molar-refractivity contribution in [2.75, 3.05) is 13.1 Å². The zero-order valence-corrected chi connectivity index (χ0v) is 12.4. The van der Waals surface area contributed by atoms with E-state index < -0.39 is 0 Å². The number of pyridine rings is 1. The van der Waals surface area contributed by atoms with E-state index in [0.29, 0.717) is 38.0 Å². The van der Waals surface area contributed by atoms with Gasteiger partial charge >= 0.3 is 0 Å². The first-order chi connectivity index (χ1) is 10.8. The zero-order chi connectivity index (χ0) is 15.6. The average molecular weight is 301 g/mol. The van der Waals surface area contributed by atoms with Gasteiger partial charge < -0.3 is 10.6 Å². The lowest BCUT2D eigenvalue weighted by Gasteiger charge is -2.07. The fraction of sp³-hybridized carbons (Fsp3) is 0.294. The highest BCUT2D eigenvalue weighted by Gasteiger charge is 2.03. The Morgan fingerprint density at radius 2 is 1.86 bits per heavy atom. The number of aromatic nitrogens is 1. The quantitative estimate of drug-likeness (QED) is 0.734. The summed E-state index contributed by atoms with van der Waals surface area (Å²) >= 11 is 0. The molecule has 0 spiro atoms. The maximum absolute atomic E-state index is 13.4. The molecule has 2 aromatic rings. The van der Waals surface area contributed by atoms with Crippen LogP contribution >= 0.6 is 0 Å². The van der Waals surface area contributed by atoms with Crippen LogP contribution in [0.4, 0.5) is 4.39 Å². The van der Waals surface area contributed by atoms with E-state index in [1.807, 2.05) is 12.1 Å². The number of hydrogen-bond donors (Lipinski definition) is 2. The first kappa shape index (κ1) is 16.1. The second-order valence-corrected chi connectivity index (χ2v) is 4.97. The Labute approximate surface area is 129 Å². The number of rotatable bonds is 8. The third kappa shape index (κ3) is 5.61. The van der Waals surface area contributed by atoms with E-state index in [1.54, 1.807) is 30.6 Å². The minimum atomic E-state index is -0.226. The largest absolute Gasteiger partial charge is 0.356 e. The van der Waals surface area contributed by atoms with Crippen molar-refractivity contribution in [3.63, 3.8) is 0 Å². The van der Waals surface area contributed by atoms with Crippen molar-refractivity contribution < 1.29 is 9.18 Å². The summed E-state index contributed by atoms with van der Waals surface area (Å²) in [4.78, 5) is 15.6. The summed E-state index contributed by atoms with van der Waals surface area (Å²) in [7, 11) is 0. The molecule has 0 saturated carbocycles. The molecule has 1 amide bonds. The molecule has 1 heterocycles. The standard InChI is InChI=1S/C17H20FN3O/c18-16-4-2-1-3-15(16)7-12-21-17(22)8-11-20-13-14-5-9-19-10-6-14/h1-6,9-10,20H,7-8,11-13H2,(H,21,22). The van der Waals surface area contributed by atoms with E-state index in [2.05, 4.69) is 15.6 Å². The molecule has 2 N–H and O–H groups in total. The van der Waals surface area contributed by atoms with Crippen molar-refractivity contribution in [1.29, 1.82) is 0 Å². The molecule has 0 saturated heterocycles. The summed E-state index contributed by atoms with van der Waals surface area (Å²) in [6, 6.07) is 10.5. The van der Waals surface area contributed by atoms with Crippen LogP contribution < -0.4 is 10.6 Å². The molecule has 2 rings (SSSR count). The predicted molar refractivity (Wildman–Crippen MR) is 83.7 cm³/mol. The van der Waals surface area contributed by atoms with Crippen LogP contribution in [0.25, 0.3) is 0 Å². The molecular weight excluding hydrogens is 281 g/mol. The first-order valence-electron chi connectivity index (χ1n) is 7.35. The normalized spacial score (nSPS) is 10.4. The van der Waals surface area contributed by atoms with Gasteiger partial charge in [-0.25, -0.2) is 4.39 Å². The predicted octanol–water partition coefficient (Wildman–Crippen LogP) is 2.06. The van der Waals surface area contributed by atoms with Crippen LogP contribution in [0.3, 0.4) is 0 Å². The first-order valence-corrected chi connectivity index (χ1v) is 7.35. The summed E-state index contributed by atoms with van der Waals surface area (Å²) in [5.41, 5.74) is 1.76. The van der Waals surface area contributed by atoms with Gasteiger partial charge in [0, 0.05) is 38.4 Å². The molecule has 0 unspecified atom stereocenters. The molecule has 5 heteroatoms. The van der Waals surface area contributed by atoms with Crippen molar-refractivity contribution in [3.8, 4) is 0 Å². The number of halogens is 1. The highest BCUT2D eigenvalue weighted by Crippen LogP contribution is 2.06. The third-order valence-corrected chi connectivity index (χ3v) is 3.28. The van der Waals surface area contributed by atoms with Gasteiger partial charge in [0.15, 0.2) is 0 Å². The van der Waals surface area contributed by atoms with Crippen LogP contribution in [0, 0.1) is 5.82 Å². The van der Waals surface area contributed by atoms with Crippen molar-refractivity contribution in [2.24, 2.45) is 0 Å². The van der Waals surface area contributed by atoms with Gasteiger partial charge in [-0.05, 0) is 35.7 Å². The molecule has 22 heavy (non-hydrogen) atoms. The molecular formula is C17H20FN3O. The topological polar surface area (TPSA) is 54.0 Å². The molecule has 0 aliphatic heterocycles. The van der Waals surface area contributed by atoms with Crippen molar-refractivity contribution in [3.05, 3.63) is 65.7 Å². The Morgan fingerprint density at radius 3 is 2.64 bits per heavy atom. The molecule has 0 atom stereocenters. The zero-order valence-electron chi connectivity index (χ0n) is 12.4. The van der Waals surface area contributed by atoms with Crippen molar-refractivity contribution in [2.45, 2.75) is 19.4 Å². The highest BCUT2D eigenvalue weighted by molar-refractivity contribution is 5.76. The van der Waals surface area contributed by atoms with Crippen LogP contribution in [-0.4, -0.2) is 24.0 Å². The Bertz CT molecular complexity index is 589. The van der Waals surface area contributed by atoms with Crippen LogP contribution in [0.5, 0.6) is 0 Å². The smallest absolute Gasteiger partial charge is 0.221 e. The Hall–Kier alpha value is -2.27. The van der Waals surface area contributed by atoms with Gasteiger partial charge in [0.2, 0.25) is 5.91 Å². The lowest BCUT2D eigenvalue weighted by atomic mass is 10.1. The fourth-order valence-corrected chi connectivity index (χ4v) is 2.06. The molecule has 0 aliphatic carbocycles.